The molecule has 0 aliphatic rings. The van der Waals surface area contributed by atoms with Crippen molar-refractivity contribution in [3.05, 3.63) is 35.9 Å². The number of carbonyl (C=O) groups excluding carboxylic acids is 1. The number of rotatable bonds is 4. The van der Waals surface area contributed by atoms with E-state index in [2.05, 4.69) is 5.32 Å². The smallest absolute Gasteiger partial charge is 0.407 e. The second kappa shape index (κ2) is 7.14. The Balaban J connectivity index is 2.85. The number of aliphatic hydroxyl groups is 1. The Bertz CT molecular complexity index is 471. The molecule has 0 saturated heterocycles. The molecule has 0 fully saturated rings. The predicted octanol–water partition coefficient (Wildman–Crippen LogP) is 3.53. The first-order valence-electron chi connectivity index (χ1n) is 7.70. The summed E-state index contributed by atoms with van der Waals surface area (Å²) >= 11 is 0. The number of hydrogen-bond donors (Lipinski definition) is 2. The van der Waals surface area contributed by atoms with Gasteiger partial charge >= 0.3 is 6.09 Å². The maximum Gasteiger partial charge on any atom is 0.407 e. The molecular weight excluding hydrogens is 278 g/mol. The number of nitrogens with one attached hydrogen (secondary N) is 1. The van der Waals surface area contributed by atoms with Crippen LogP contribution in [0.25, 0.3) is 0 Å². The molecule has 4 heteroatoms. The van der Waals surface area contributed by atoms with Crippen molar-refractivity contribution in [1.29, 1.82) is 0 Å². The Morgan fingerprint density at radius 2 is 1.68 bits per heavy atom. The third-order valence-electron chi connectivity index (χ3n) is 3.27. The molecule has 1 aromatic rings. The standard InChI is InChI=1S/C18H29NO3/c1-17(2,3)15(20)14(12-13-10-8-7-9-11-13)19-16(21)22-18(4,5)6/h7-11,14-15,20H,12H2,1-6H3,(H,19,21). The van der Waals surface area contributed by atoms with Gasteiger partial charge in [-0.3, -0.25) is 0 Å². The van der Waals surface area contributed by atoms with E-state index in [-0.39, 0.29) is 5.41 Å². The molecular formula is C18H29NO3. The molecule has 0 aliphatic carbocycles. The number of carbonyl (C=O) groups is 1. The molecule has 0 bridgehead atoms. The van der Waals surface area contributed by atoms with Crippen LogP contribution in [-0.2, 0) is 11.2 Å². The summed E-state index contributed by atoms with van der Waals surface area (Å²) in [5.41, 5.74) is 0.162. The van der Waals surface area contributed by atoms with E-state index in [4.69, 9.17) is 4.74 Å². The molecule has 0 saturated carbocycles. The maximum atomic E-state index is 12.0. The van der Waals surface area contributed by atoms with Crippen LogP contribution in [0.4, 0.5) is 4.79 Å². The SMILES string of the molecule is CC(C)(C)OC(=O)NC(Cc1ccccc1)C(O)C(C)(C)C. The van der Waals surface area contributed by atoms with Crippen molar-refractivity contribution in [1.82, 2.24) is 5.32 Å². The molecule has 22 heavy (non-hydrogen) atoms. The highest BCUT2D eigenvalue weighted by Gasteiger charge is 2.32. The van der Waals surface area contributed by atoms with E-state index in [9.17, 15) is 9.90 Å². The van der Waals surface area contributed by atoms with Crippen LogP contribution in [0, 0.1) is 5.41 Å². The highest BCUT2D eigenvalue weighted by Crippen LogP contribution is 2.24. The summed E-state index contributed by atoms with van der Waals surface area (Å²) in [5.74, 6) is 0. The molecule has 2 unspecified atom stereocenters. The zero-order valence-corrected chi connectivity index (χ0v) is 14.5. The second-order valence-electron chi connectivity index (χ2n) is 7.75. The highest BCUT2D eigenvalue weighted by molar-refractivity contribution is 5.68. The highest BCUT2D eigenvalue weighted by atomic mass is 16.6. The quantitative estimate of drug-likeness (QED) is 0.894. The minimum atomic E-state index is -0.680. The van der Waals surface area contributed by atoms with Gasteiger partial charge in [0.25, 0.3) is 0 Å². The van der Waals surface area contributed by atoms with Gasteiger partial charge in [-0.15, -0.1) is 0 Å². The van der Waals surface area contributed by atoms with Crippen molar-refractivity contribution in [2.45, 2.75) is 65.7 Å². The van der Waals surface area contributed by atoms with E-state index in [0.717, 1.165) is 5.56 Å². The maximum absolute atomic E-state index is 12.0. The topological polar surface area (TPSA) is 58.6 Å². The predicted molar refractivity (Wildman–Crippen MR) is 88.8 cm³/mol. The first-order chi connectivity index (χ1) is 9.99. The number of aliphatic hydroxyl groups excluding tert-OH is 1. The average Bonchev–Trinajstić information content (AvgIpc) is 2.35. The van der Waals surface area contributed by atoms with Gasteiger partial charge in [0.1, 0.15) is 5.60 Å². The molecule has 0 aromatic heterocycles. The lowest BCUT2D eigenvalue weighted by atomic mass is 9.82. The second-order valence-corrected chi connectivity index (χ2v) is 7.75. The van der Waals surface area contributed by atoms with Gasteiger partial charge < -0.3 is 15.2 Å². The summed E-state index contributed by atoms with van der Waals surface area (Å²) in [6, 6.07) is 9.41. The third kappa shape index (κ3) is 6.48. The fourth-order valence-electron chi connectivity index (χ4n) is 2.17. The molecule has 0 aliphatic heterocycles. The van der Waals surface area contributed by atoms with E-state index in [1.165, 1.54) is 0 Å². The normalized spacial score (nSPS) is 15.0. The first-order valence-corrected chi connectivity index (χ1v) is 7.70. The van der Waals surface area contributed by atoms with Crippen molar-refractivity contribution in [3.8, 4) is 0 Å². The number of alkyl carbamates (subject to hydrolysis) is 1. The minimum absolute atomic E-state index is 0.339. The van der Waals surface area contributed by atoms with Gasteiger partial charge in [-0.2, -0.15) is 0 Å². The Hall–Kier alpha value is -1.55. The molecule has 2 atom stereocenters. The molecule has 0 heterocycles. The Labute approximate surface area is 133 Å². The summed E-state index contributed by atoms with van der Waals surface area (Å²) in [4.78, 5) is 12.0. The lowest BCUT2D eigenvalue weighted by molar-refractivity contribution is 0.0142. The fourth-order valence-corrected chi connectivity index (χ4v) is 2.17. The summed E-state index contributed by atoms with van der Waals surface area (Å²) in [5, 5.41) is 13.4. The number of hydrogen-bond acceptors (Lipinski definition) is 3. The lowest BCUT2D eigenvalue weighted by Gasteiger charge is -2.34. The third-order valence-corrected chi connectivity index (χ3v) is 3.27. The van der Waals surface area contributed by atoms with Crippen LogP contribution in [0.2, 0.25) is 0 Å². The molecule has 124 valence electrons. The average molecular weight is 307 g/mol. The van der Waals surface area contributed by atoms with Crippen molar-refractivity contribution < 1.29 is 14.6 Å². The molecule has 1 aromatic carbocycles. The summed E-state index contributed by atoms with van der Waals surface area (Å²) in [7, 11) is 0. The van der Waals surface area contributed by atoms with Crippen LogP contribution in [-0.4, -0.2) is 28.9 Å². The fraction of sp³-hybridized carbons (Fsp3) is 0.611. The molecule has 1 rings (SSSR count). The zero-order valence-electron chi connectivity index (χ0n) is 14.5. The molecule has 4 nitrogen and oxygen atoms in total. The van der Waals surface area contributed by atoms with Crippen molar-refractivity contribution >= 4 is 6.09 Å². The van der Waals surface area contributed by atoms with Gasteiger partial charge in [0.15, 0.2) is 0 Å². The van der Waals surface area contributed by atoms with E-state index < -0.39 is 23.8 Å². The number of amides is 1. The summed E-state index contributed by atoms with van der Waals surface area (Å²) < 4.78 is 5.31. The van der Waals surface area contributed by atoms with Gasteiger partial charge in [-0.25, -0.2) is 4.79 Å². The Morgan fingerprint density at radius 1 is 1.14 bits per heavy atom. The van der Waals surface area contributed by atoms with Gasteiger partial charge in [0, 0.05) is 0 Å². The zero-order chi connectivity index (χ0) is 17.0. The van der Waals surface area contributed by atoms with E-state index in [0.29, 0.717) is 6.42 Å². The molecule has 0 spiro atoms. The number of benzene rings is 1. The monoisotopic (exact) mass is 307 g/mol. The van der Waals surface area contributed by atoms with Crippen LogP contribution >= 0.6 is 0 Å². The molecule has 2 N–H and O–H groups in total. The molecule has 0 radical (unpaired) electrons. The minimum Gasteiger partial charge on any atom is -0.444 e. The van der Waals surface area contributed by atoms with Crippen LogP contribution in [0.5, 0.6) is 0 Å². The van der Waals surface area contributed by atoms with Crippen LogP contribution in [0.1, 0.15) is 47.1 Å². The first kappa shape index (κ1) is 18.5. The Kier molecular flexibility index (Phi) is 6.00. The summed E-state index contributed by atoms with van der Waals surface area (Å²) in [6.07, 6.45) is -0.629. The summed E-state index contributed by atoms with van der Waals surface area (Å²) in [6.45, 7) is 11.3. The lowest BCUT2D eigenvalue weighted by Crippen LogP contribution is -2.51. The van der Waals surface area contributed by atoms with Gasteiger partial charge in [0.05, 0.1) is 12.1 Å². The van der Waals surface area contributed by atoms with Crippen molar-refractivity contribution in [3.63, 3.8) is 0 Å². The number of ether oxygens (including phenoxy) is 1. The van der Waals surface area contributed by atoms with E-state index >= 15 is 0 Å². The van der Waals surface area contributed by atoms with Crippen molar-refractivity contribution in [2.75, 3.05) is 0 Å². The van der Waals surface area contributed by atoms with Crippen LogP contribution in [0.3, 0.4) is 0 Å². The van der Waals surface area contributed by atoms with Crippen molar-refractivity contribution in [2.24, 2.45) is 5.41 Å². The largest absolute Gasteiger partial charge is 0.444 e. The van der Waals surface area contributed by atoms with E-state index in [1.807, 2.05) is 71.9 Å². The van der Waals surface area contributed by atoms with Gasteiger partial charge in [0.2, 0.25) is 0 Å². The van der Waals surface area contributed by atoms with Crippen LogP contribution < -0.4 is 5.32 Å². The van der Waals surface area contributed by atoms with Gasteiger partial charge in [-0.05, 0) is 38.2 Å². The van der Waals surface area contributed by atoms with Crippen LogP contribution in [0.15, 0.2) is 30.3 Å². The molecule has 1 amide bonds. The van der Waals surface area contributed by atoms with Gasteiger partial charge in [-0.1, -0.05) is 51.1 Å². The Morgan fingerprint density at radius 3 is 2.14 bits per heavy atom. The van der Waals surface area contributed by atoms with E-state index in [1.54, 1.807) is 0 Å².